The van der Waals surface area contributed by atoms with Gasteiger partial charge in [0.05, 0.1) is 10.5 Å². The third-order valence-corrected chi connectivity index (χ3v) is 4.05. The smallest absolute Gasteiger partial charge is 0.331 e. The maximum absolute atomic E-state index is 12.6. The number of para-hydroxylation sites is 2. The molecule has 1 heterocycles. The molecule has 0 spiro atoms. The van der Waals surface area contributed by atoms with Gasteiger partial charge in [-0.1, -0.05) is 30.3 Å². The summed E-state index contributed by atoms with van der Waals surface area (Å²) in [5, 5.41) is 11.7. The first kappa shape index (κ1) is 18.1. The summed E-state index contributed by atoms with van der Waals surface area (Å²) >= 11 is 0. The molecule has 1 aromatic heterocycles. The molecule has 0 aliphatic heterocycles. The van der Waals surface area contributed by atoms with Crippen molar-refractivity contribution in [3.63, 3.8) is 0 Å². The highest BCUT2D eigenvalue weighted by molar-refractivity contribution is 6.10. The summed E-state index contributed by atoms with van der Waals surface area (Å²) < 4.78 is 5.15. The molecule has 1 N–H and O–H groups in total. The van der Waals surface area contributed by atoms with E-state index >= 15 is 0 Å². The standard InChI is InChI=1S/C20H16N2O5/c1-13(20(24)16-12-21-17-8-4-3-7-15(16)17)27-19(23)11-10-14-6-2-5-9-18(14)22(25)26/h2-13,21H,1H3/b11-10+/t13-/m0/s1. The number of benzene rings is 2. The minimum Gasteiger partial charge on any atom is -0.451 e. The number of ketones is 1. The van der Waals surface area contributed by atoms with Crippen LogP contribution in [-0.2, 0) is 9.53 Å². The molecule has 3 rings (SSSR count). The Morgan fingerprint density at radius 3 is 2.63 bits per heavy atom. The lowest BCUT2D eigenvalue weighted by atomic mass is 10.1. The zero-order valence-electron chi connectivity index (χ0n) is 14.4. The number of nitrogens with zero attached hydrogens (tertiary/aromatic N) is 1. The Hall–Kier alpha value is -3.74. The van der Waals surface area contributed by atoms with Gasteiger partial charge < -0.3 is 9.72 Å². The van der Waals surface area contributed by atoms with Crippen molar-refractivity contribution in [3.05, 3.63) is 82.0 Å². The number of fused-ring (bicyclic) bond motifs is 1. The average molecular weight is 364 g/mol. The Morgan fingerprint density at radius 1 is 1.15 bits per heavy atom. The van der Waals surface area contributed by atoms with E-state index in [0.717, 1.165) is 17.0 Å². The monoisotopic (exact) mass is 364 g/mol. The molecule has 0 amide bonds. The van der Waals surface area contributed by atoms with Crippen LogP contribution in [0.4, 0.5) is 5.69 Å². The first-order chi connectivity index (χ1) is 13.0. The molecule has 0 radical (unpaired) electrons. The molecule has 0 bridgehead atoms. The van der Waals surface area contributed by atoms with E-state index in [0.29, 0.717) is 5.56 Å². The van der Waals surface area contributed by atoms with Crippen LogP contribution < -0.4 is 0 Å². The van der Waals surface area contributed by atoms with Crippen LogP contribution >= 0.6 is 0 Å². The molecule has 7 nitrogen and oxygen atoms in total. The number of rotatable bonds is 6. The Morgan fingerprint density at radius 2 is 1.85 bits per heavy atom. The van der Waals surface area contributed by atoms with E-state index in [1.54, 1.807) is 12.3 Å². The van der Waals surface area contributed by atoms with Crippen molar-refractivity contribution in [2.24, 2.45) is 0 Å². The summed E-state index contributed by atoms with van der Waals surface area (Å²) in [4.78, 5) is 38.0. The number of carbonyl (C=O) groups excluding carboxylic acids is 2. The highest BCUT2D eigenvalue weighted by atomic mass is 16.6. The Bertz CT molecular complexity index is 1050. The van der Waals surface area contributed by atoms with Crippen LogP contribution in [0, 0.1) is 10.1 Å². The lowest BCUT2D eigenvalue weighted by Crippen LogP contribution is -2.23. The van der Waals surface area contributed by atoms with E-state index in [1.807, 2.05) is 24.3 Å². The van der Waals surface area contributed by atoms with Crippen LogP contribution in [0.1, 0.15) is 22.8 Å². The number of nitro groups is 1. The zero-order chi connectivity index (χ0) is 19.4. The molecule has 0 aliphatic rings. The fourth-order valence-electron chi connectivity index (χ4n) is 2.71. The van der Waals surface area contributed by atoms with E-state index in [4.69, 9.17) is 4.74 Å². The molecule has 136 valence electrons. The van der Waals surface area contributed by atoms with Crippen LogP contribution in [0.3, 0.4) is 0 Å². The molecule has 3 aromatic rings. The number of hydrogen-bond donors (Lipinski definition) is 1. The minimum atomic E-state index is -0.993. The number of esters is 1. The number of H-pyrrole nitrogens is 1. The summed E-state index contributed by atoms with van der Waals surface area (Å²) in [6.45, 7) is 1.49. The van der Waals surface area contributed by atoms with Gasteiger partial charge in [0, 0.05) is 34.8 Å². The number of aromatic nitrogens is 1. The van der Waals surface area contributed by atoms with E-state index in [9.17, 15) is 19.7 Å². The van der Waals surface area contributed by atoms with Gasteiger partial charge in [0.15, 0.2) is 6.10 Å². The number of nitrogens with one attached hydrogen (secondary N) is 1. The van der Waals surface area contributed by atoms with Crippen molar-refractivity contribution in [2.75, 3.05) is 0 Å². The lowest BCUT2D eigenvalue weighted by molar-refractivity contribution is -0.385. The topological polar surface area (TPSA) is 102 Å². The van der Waals surface area contributed by atoms with Gasteiger partial charge in [-0.3, -0.25) is 14.9 Å². The normalized spacial score (nSPS) is 12.2. The van der Waals surface area contributed by atoms with Gasteiger partial charge in [0.25, 0.3) is 5.69 Å². The summed E-state index contributed by atoms with van der Waals surface area (Å²) in [6.07, 6.45) is 2.96. The third kappa shape index (κ3) is 3.92. The number of carbonyl (C=O) groups is 2. The highest BCUT2D eigenvalue weighted by Gasteiger charge is 2.21. The van der Waals surface area contributed by atoms with Gasteiger partial charge >= 0.3 is 5.97 Å². The Labute approximate surface area is 154 Å². The van der Waals surface area contributed by atoms with Crippen LogP contribution in [0.25, 0.3) is 17.0 Å². The van der Waals surface area contributed by atoms with E-state index in [-0.39, 0.29) is 17.0 Å². The van der Waals surface area contributed by atoms with E-state index in [1.165, 1.54) is 31.2 Å². The van der Waals surface area contributed by atoms with Crippen molar-refractivity contribution in [3.8, 4) is 0 Å². The summed E-state index contributed by atoms with van der Waals surface area (Å²) in [7, 11) is 0. The second-order valence-corrected chi connectivity index (χ2v) is 5.84. The number of hydrogen-bond acceptors (Lipinski definition) is 5. The quantitative estimate of drug-likeness (QED) is 0.235. The second-order valence-electron chi connectivity index (χ2n) is 5.84. The fraction of sp³-hybridized carbons (Fsp3) is 0.100. The number of Topliss-reactive ketones (excluding diaryl/α,β-unsaturated/α-hetero) is 1. The second kappa shape index (κ2) is 7.65. The number of nitro benzene ring substituents is 1. The summed E-state index contributed by atoms with van der Waals surface area (Å²) in [5.41, 5.74) is 1.41. The SMILES string of the molecule is C[C@H](OC(=O)/C=C/c1ccccc1[N+](=O)[O-])C(=O)c1c[nH]c2ccccc12. The molecule has 0 unspecified atom stereocenters. The van der Waals surface area contributed by atoms with Crippen LogP contribution in [0.2, 0.25) is 0 Å². The van der Waals surface area contributed by atoms with Crippen LogP contribution in [0.15, 0.2) is 60.8 Å². The molecule has 1 atom stereocenters. The van der Waals surface area contributed by atoms with Gasteiger partial charge in [0.2, 0.25) is 5.78 Å². The van der Waals surface area contributed by atoms with Gasteiger partial charge in [0.1, 0.15) is 0 Å². The molecule has 0 fully saturated rings. The van der Waals surface area contributed by atoms with Gasteiger partial charge in [-0.05, 0) is 25.1 Å². The van der Waals surface area contributed by atoms with E-state index in [2.05, 4.69) is 4.98 Å². The highest BCUT2D eigenvalue weighted by Crippen LogP contribution is 2.21. The molecule has 7 heteroatoms. The molecule has 0 saturated carbocycles. The van der Waals surface area contributed by atoms with Gasteiger partial charge in [-0.15, -0.1) is 0 Å². The predicted octanol–water partition coefficient (Wildman–Crippen LogP) is 3.90. The average Bonchev–Trinajstić information content (AvgIpc) is 3.10. The largest absolute Gasteiger partial charge is 0.451 e. The van der Waals surface area contributed by atoms with Crippen molar-refractivity contribution in [1.82, 2.24) is 4.98 Å². The molecule has 2 aromatic carbocycles. The van der Waals surface area contributed by atoms with Gasteiger partial charge in [-0.25, -0.2) is 4.79 Å². The van der Waals surface area contributed by atoms with Crippen LogP contribution in [0.5, 0.6) is 0 Å². The van der Waals surface area contributed by atoms with Crippen LogP contribution in [-0.4, -0.2) is 27.8 Å². The fourth-order valence-corrected chi connectivity index (χ4v) is 2.71. The number of ether oxygens (including phenoxy) is 1. The lowest BCUT2D eigenvalue weighted by Gasteiger charge is -2.10. The first-order valence-corrected chi connectivity index (χ1v) is 8.20. The van der Waals surface area contributed by atoms with Crippen molar-refractivity contribution < 1.29 is 19.2 Å². The van der Waals surface area contributed by atoms with Crippen molar-refractivity contribution >= 4 is 34.4 Å². The molecular formula is C20H16N2O5. The van der Waals surface area contributed by atoms with E-state index < -0.39 is 17.0 Å². The Kier molecular flexibility index (Phi) is 5.12. The molecular weight excluding hydrogens is 348 g/mol. The summed E-state index contributed by atoms with van der Waals surface area (Å²) in [5.74, 6) is -1.09. The predicted molar refractivity (Wildman–Crippen MR) is 100 cm³/mol. The molecule has 27 heavy (non-hydrogen) atoms. The third-order valence-electron chi connectivity index (χ3n) is 4.05. The maximum atomic E-state index is 12.6. The minimum absolute atomic E-state index is 0.121. The van der Waals surface area contributed by atoms with Crippen molar-refractivity contribution in [1.29, 1.82) is 0 Å². The first-order valence-electron chi connectivity index (χ1n) is 8.20. The van der Waals surface area contributed by atoms with Crippen molar-refractivity contribution in [2.45, 2.75) is 13.0 Å². The molecule has 0 saturated heterocycles. The molecule has 0 aliphatic carbocycles. The van der Waals surface area contributed by atoms with Gasteiger partial charge in [-0.2, -0.15) is 0 Å². The zero-order valence-corrected chi connectivity index (χ0v) is 14.4. The number of aromatic amines is 1. The Balaban J connectivity index is 1.71. The summed E-state index contributed by atoms with van der Waals surface area (Å²) in [6, 6.07) is 13.3. The maximum Gasteiger partial charge on any atom is 0.331 e.